The van der Waals surface area contributed by atoms with E-state index in [4.69, 9.17) is 10.5 Å². The standard InChI is InChI=1S/C14H17N3O/c1-18-11-7-10(8-11)17-13-4-5-16-14-6-9(15)2-3-12(13)14/h2-6,10-11H,7-8,15H2,1H3,(H,16,17). The van der Waals surface area contributed by atoms with Gasteiger partial charge in [0.05, 0.1) is 11.6 Å². The van der Waals surface area contributed by atoms with Gasteiger partial charge in [-0.05, 0) is 37.1 Å². The number of rotatable bonds is 3. The summed E-state index contributed by atoms with van der Waals surface area (Å²) >= 11 is 0. The van der Waals surface area contributed by atoms with Crippen molar-refractivity contribution in [3.8, 4) is 0 Å². The van der Waals surface area contributed by atoms with Gasteiger partial charge in [-0.3, -0.25) is 4.98 Å². The summed E-state index contributed by atoms with van der Waals surface area (Å²) in [4.78, 5) is 4.34. The van der Waals surface area contributed by atoms with E-state index in [0.29, 0.717) is 12.1 Å². The summed E-state index contributed by atoms with van der Waals surface area (Å²) in [5.74, 6) is 0. The number of methoxy groups -OCH3 is 1. The third-order valence-electron chi connectivity index (χ3n) is 3.55. The Morgan fingerprint density at radius 1 is 1.33 bits per heavy atom. The van der Waals surface area contributed by atoms with Gasteiger partial charge in [0, 0.05) is 36.1 Å². The van der Waals surface area contributed by atoms with Crippen molar-refractivity contribution in [2.45, 2.75) is 25.0 Å². The third-order valence-corrected chi connectivity index (χ3v) is 3.55. The fraction of sp³-hybridized carbons (Fsp3) is 0.357. The van der Waals surface area contributed by atoms with Crippen LogP contribution >= 0.6 is 0 Å². The van der Waals surface area contributed by atoms with Gasteiger partial charge in [-0.25, -0.2) is 0 Å². The fourth-order valence-corrected chi connectivity index (χ4v) is 2.39. The number of ether oxygens (including phenoxy) is 1. The normalized spacial score (nSPS) is 22.7. The minimum Gasteiger partial charge on any atom is -0.399 e. The zero-order valence-corrected chi connectivity index (χ0v) is 10.4. The van der Waals surface area contributed by atoms with Crippen LogP contribution in [0, 0.1) is 0 Å². The number of benzene rings is 1. The van der Waals surface area contributed by atoms with E-state index >= 15 is 0 Å². The monoisotopic (exact) mass is 243 g/mol. The van der Waals surface area contributed by atoms with Crippen molar-refractivity contribution in [2.24, 2.45) is 0 Å². The van der Waals surface area contributed by atoms with Crippen LogP contribution in [0.3, 0.4) is 0 Å². The van der Waals surface area contributed by atoms with Crippen LogP contribution in [0.15, 0.2) is 30.5 Å². The minimum absolute atomic E-state index is 0.409. The van der Waals surface area contributed by atoms with E-state index in [9.17, 15) is 0 Å². The van der Waals surface area contributed by atoms with Crippen LogP contribution in [0.5, 0.6) is 0 Å². The van der Waals surface area contributed by atoms with Gasteiger partial charge in [0.2, 0.25) is 0 Å². The van der Waals surface area contributed by atoms with Gasteiger partial charge >= 0.3 is 0 Å². The van der Waals surface area contributed by atoms with Crippen molar-refractivity contribution in [3.63, 3.8) is 0 Å². The molecule has 18 heavy (non-hydrogen) atoms. The van der Waals surface area contributed by atoms with Crippen LogP contribution in [-0.2, 0) is 4.74 Å². The van der Waals surface area contributed by atoms with E-state index in [1.165, 1.54) is 0 Å². The van der Waals surface area contributed by atoms with Crippen molar-refractivity contribution < 1.29 is 4.74 Å². The number of nitrogen functional groups attached to an aromatic ring is 1. The number of nitrogens with one attached hydrogen (secondary N) is 1. The van der Waals surface area contributed by atoms with Gasteiger partial charge < -0.3 is 15.8 Å². The molecule has 0 unspecified atom stereocenters. The highest BCUT2D eigenvalue weighted by atomic mass is 16.5. The highest BCUT2D eigenvalue weighted by Crippen LogP contribution is 2.29. The lowest BCUT2D eigenvalue weighted by atomic mass is 9.89. The van der Waals surface area contributed by atoms with Gasteiger partial charge in [-0.15, -0.1) is 0 Å². The molecule has 3 N–H and O–H groups in total. The van der Waals surface area contributed by atoms with Crippen molar-refractivity contribution >= 4 is 22.3 Å². The summed E-state index contributed by atoms with van der Waals surface area (Å²) in [5.41, 5.74) is 8.57. The van der Waals surface area contributed by atoms with E-state index in [-0.39, 0.29) is 0 Å². The summed E-state index contributed by atoms with van der Waals surface area (Å²) in [5, 5.41) is 4.66. The number of hydrogen-bond donors (Lipinski definition) is 2. The van der Waals surface area contributed by atoms with Gasteiger partial charge in [0.25, 0.3) is 0 Å². The summed E-state index contributed by atoms with van der Waals surface area (Å²) in [6, 6.07) is 8.34. The number of pyridine rings is 1. The van der Waals surface area contributed by atoms with Crippen molar-refractivity contribution in [1.29, 1.82) is 0 Å². The first-order valence-electron chi connectivity index (χ1n) is 6.20. The molecule has 0 saturated heterocycles. The van der Waals surface area contributed by atoms with Crippen LogP contribution in [0.4, 0.5) is 11.4 Å². The third kappa shape index (κ3) is 1.99. The molecular formula is C14H17N3O. The van der Waals surface area contributed by atoms with E-state index < -0.39 is 0 Å². The molecular weight excluding hydrogens is 226 g/mol. The molecule has 1 heterocycles. The van der Waals surface area contributed by atoms with Crippen LogP contribution in [-0.4, -0.2) is 24.2 Å². The van der Waals surface area contributed by atoms with E-state index in [1.807, 2.05) is 30.5 Å². The molecule has 1 aromatic heterocycles. The second-order valence-electron chi connectivity index (χ2n) is 4.81. The molecule has 1 aliphatic rings. The van der Waals surface area contributed by atoms with Gasteiger partial charge in [0.1, 0.15) is 0 Å². The second-order valence-corrected chi connectivity index (χ2v) is 4.81. The molecule has 1 fully saturated rings. The highest BCUT2D eigenvalue weighted by molar-refractivity contribution is 5.92. The van der Waals surface area contributed by atoms with E-state index in [2.05, 4.69) is 10.3 Å². The summed E-state index contributed by atoms with van der Waals surface area (Å²) in [6.07, 6.45) is 4.35. The Labute approximate surface area is 106 Å². The largest absolute Gasteiger partial charge is 0.399 e. The maximum atomic E-state index is 5.77. The highest BCUT2D eigenvalue weighted by Gasteiger charge is 2.28. The molecule has 0 amide bonds. The molecule has 4 nitrogen and oxygen atoms in total. The second kappa shape index (κ2) is 4.46. The molecule has 0 bridgehead atoms. The number of anilines is 2. The fourth-order valence-electron chi connectivity index (χ4n) is 2.39. The van der Waals surface area contributed by atoms with Crippen LogP contribution in [0.1, 0.15) is 12.8 Å². The SMILES string of the molecule is COC1CC(Nc2ccnc3cc(N)ccc23)C1. The zero-order chi connectivity index (χ0) is 12.5. The maximum Gasteiger partial charge on any atom is 0.0743 e. The Morgan fingerprint density at radius 2 is 2.17 bits per heavy atom. The molecule has 0 spiro atoms. The molecule has 0 radical (unpaired) electrons. The van der Waals surface area contributed by atoms with Gasteiger partial charge in [0.15, 0.2) is 0 Å². The van der Waals surface area contributed by atoms with Gasteiger partial charge in [-0.2, -0.15) is 0 Å². The quantitative estimate of drug-likeness (QED) is 0.813. The minimum atomic E-state index is 0.409. The predicted molar refractivity (Wildman–Crippen MR) is 73.6 cm³/mol. The number of hydrogen-bond acceptors (Lipinski definition) is 4. The molecule has 1 aromatic carbocycles. The van der Waals surface area contributed by atoms with Crippen molar-refractivity contribution in [2.75, 3.05) is 18.2 Å². The van der Waals surface area contributed by atoms with Crippen LogP contribution in [0.2, 0.25) is 0 Å². The lowest BCUT2D eigenvalue weighted by Crippen LogP contribution is -2.40. The van der Waals surface area contributed by atoms with E-state index in [0.717, 1.165) is 35.1 Å². The maximum absolute atomic E-state index is 5.77. The zero-order valence-electron chi connectivity index (χ0n) is 10.4. The molecule has 2 aromatic rings. The van der Waals surface area contributed by atoms with E-state index in [1.54, 1.807) is 7.11 Å². The number of nitrogens with two attached hydrogens (primary N) is 1. The topological polar surface area (TPSA) is 60.2 Å². The van der Waals surface area contributed by atoms with Crippen LogP contribution in [0.25, 0.3) is 10.9 Å². The molecule has 0 aliphatic heterocycles. The number of fused-ring (bicyclic) bond motifs is 1. The average Bonchev–Trinajstić information content (AvgIpc) is 2.32. The Balaban J connectivity index is 1.84. The predicted octanol–water partition coefficient (Wildman–Crippen LogP) is 2.41. The molecule has 1 saturated carbocycles. The Morgan fingerprint density at radius 3 is 2.94 bits per heavy atom. The summed E-state index contributed by atoms with van der Waals surface area (Å²) in [7, 11) is 1.77. The smallest absolute Gasteiger partial charge is 0.0743 e. The lowest BCUT2D eigenvalue weighted by Gasteiger charge is -2.35. The first-order chi connectivity index (χ1) is 8.76. The summed E-state index contributed by atoms with van der Waals surface area (Å²) in [6.45, 7) is 0. The Hall–Kier alpha value is -1.81. The molecule has 3 rings (SSSR count). The molecule has 4 heteroatoms. The first-order valence-corrected chi connectivity index (χ1v) is 6.20. The van der Waals surface area contributed by atoms with Crippen LogP contribution < -0.4 is 11.1 Å². The molecule has 0 atom stereocenters. The average molecular weight is 243 g/mol. The molecule has 94 valence electrons. The summed E-state index contributed by atoms with van der Waals surface area (Å²) < 4.78 is 5.29. The van der Waals surface area contributed by atoms with Gasteiger partial charge in [-0.1, -0.05) is 0 Å². The van der Waals surface area contributed by atoms with Crippen molar-refractivity contribution in [1.82, 2.24) is 4.98 Å². The number of nitrogens with zero attached hydrogens (tertiary/aromatic N) is 1. The Kier molecular flexibility index (Phi) is 2.80. The lowest BCUT2D eigenvalue weighted by molar-refractivity contribution is 0.0329. The Bertz CT molecular complexity index is 564. The van der Waals surface area contributed by atoms with Crippen molar-refractivity contribution in [3.05, 3.63) is 30.5 Å². The molecule has 1 aliphatic carbocycles. The first kappa shape index (κ1) is 11.3. The number of aromatic nitrogens is 1.